The molecule has 3 rings (SSSR count). The highest BCUT2D eigenvalue weighted by Gasteiger charge is 2.31. The summed E-state index contributed by atoms with van der Waals surface area (Å²) in [5, 5.41) is 0. The summed E-state index contributed by atoms with van der Waals surface area (Å²) in [6, 6.07) is 0.303. The van der Waals surface area contributed by atoms with Crippen molar-refractivity contribution >= 4 is 17.4 Å². The molecule has 0 N–H and O–H groups in total. The maximum absolute atomic E-state index is 12.8. The summed E-state index contributed by atoms with van der Waals surface area (Å²) < 4.78 is 6.42. The number of amides is 1. The van der Waals surface area contributed by atoms with Crippen LogP contribution >= 0.6 is 11.5 Å². The monoisotopic (exact) mass is 304 g/mol. The quantitative estimate of drug-likeness (QED) is 0.857. The van der Waals surface area contributed by atoms with Crippen LogP contribution in [0.15, 0.2) is 18.7 Å². The standard InChI is InChI=1S/C15H20N4OS/c1-10-4-6-18(8-13(10)19-7-5-16-9-19)15(20)14-11(2)17-21-12(14)3/h5,7,9-10,13H,4,6,8H2,1-3H3. The van der Waals surface area contributed by atoms with E-state index in [4.69, 9.17) is 0 Å². The van der Waals surface area contributed by atoms with Crippen molar-refractivity contribution in [3.05, 3.63) is 34.9 Å². The number of piperidine rings is 1. The number of hydrogen-bond donors (Lipinski definition) is 0. The van der Waals surface area contributed by atoms with Crippen LogP contribution in [-0.2, 0) is 0 Å². The smallest absolute Gasteiger partial charge is 0.256 e. The lowest BCUT2D eigenvalue weighted by atomic mass is 9.92. The number of rotatable bonds is 2. The SMILES string of the molecule is Cc1nsc(C)c1C(=O)N1CCC(C)C(n2ccnc2)C1. The number of nitrogens with zero attached hydrogens (tertiary/aromatic N) is 4. The molecule has 1 saturated heterocycles. The second kappa shape index (κ2) is 5.60. The van der Waals surface area contributed by atoms with Crippen molar-refractivity contribution in [1.29, 1.82) is 0 Å². The van der Waals surface area contributed by atoms with Crippen molar-refractivity contribution in [2.24, 2.45) is 5.92 Å². The molecule has 2 unspecified atom stereocenters. The van der Waals surface area contributed by atoms with E-state index in [0.717, 1.165) is 35.6 Å². The van der Waals surface area contributed by atoms with Crippen molar-refractivity contribution in [1.82, 2.24) is 18.8 Å². The molecule has 1 amide bonds. The summed E-state index contributed by atoms with van der Waals surface area (Å²) in [7, 11) is 0. The lowest BCUT2D eigenvalue weighted by Gasteiger charge is -2.37. The number of likely N-dealkylation sites (tertiary alicyclic amines) is 1. The number of aryl methyl sites for hydroxylation is 2. The van der Waals surface area contributed by atoms with Gasteiger partial charge in [-0.2, -0.15) is 4.37 Å². The van der Waals surface area contributed by atoms with E-state index >= 15 is 0 Å². The van der Waals surface area contributed by atoms with Gasteiger partial charge < -0.3 is 9.47 Å². The van der Waals surface area contributed by atoms with Crippen LogP contribution in [0.2, 0.25) is 0 Å². The molecule has 2 atom stereocenters. The van der Waals surface area contributed by atoms with E-state index in [1.54, 1.807) is 6.20 Å². The van der Waals surface area contributed by atoms with Gasteiger partial charge in [-0.05, 0) is 37.7 Å². The third-order valence-electron chi connectivity index (χ3n) is 4.36. The molecule has 1 aliphatic heterocycles. The van der Waals surface area contributed by atoms with Crippen LogP contribution in [0, 0.1) is 19.8 Å². The van der Waals surface area contributed by atoms with Gasteiger partial charge in [-0.15, -0.1) is 0 Å². The number of aromatic nitrogens is 3. The van der Waals surface area contributed by atoms with E-state index in [1.807, 2.05) is 31.3 Å². The summed E-state index contributed by atoms with van der Waals surface area (Å²) in [4.78, 5) is 19.9. The second-order valence-electron chi connectivity index (χ2n) is 5.79. The summed E-state index contributed by atoms with van der Waals surface area (Å²) in [6.45, 7) is 7.69. The maximum Gasteiger partial charge on any atom is 0.256 e. The first-order valence-corrected chi connectivity index (χ1v) is 8.05. The molecule has 5 nitrogen and oxygen atoms in total. The maximum atomic E-state index is 12.8. The highest BCUT2D eigenvalue weighted by atomic mass is 32.1. The molecule has 0 saturated carbocycles. The Bertz CT molecular complexity index is 615. The molecule has 6 heteroatoms. The molecule has 0 radical (unpaired) electrons. The summed E-state index contributed by atoms with van der Waals surface area (Å²) in [5.41, 5.74) is 1.64. The first-order chi connectivity index (χ1) is 10.1. The largest absolute Gasteiger partial charge is 0.336 e. The Morgan fingerprint density at radius 1 is 1.43 bits per heavy atom. The van der Waals surface area contributed by atoms with E-state index in [1.165, 1.54) is 11.5 Å². The molecular formula is C15H20N4OS. The zero-order chi connectivity index (χ0) is 15.0. The zero-order valence-electron chi connectivity index (χ0n) is 12.6. The normalized spacial score (nSPS) is 22.5. The second-order valence-corrected chi connectivity index (χ2v) is 6.77. The van der Waals surface area contributed by atoms with E-state index in [-0.39, 0.29) is 5.91 Å². The molecule has 0 aliphatic carbocycles. The Balaban J connectivity index is 1.82. The van der Waals surface area contributed by atoms with E-state index in [9.17, 15) is 4.79 Å². The molecule has 1 aliphatic rings. The number of carbonyl (C=O) groups is 1. The van der Waals surface area contributed by atoms with Crippen LogP contribution in [0.3, 0.4) is 0 Å². The lowest BCUT2D eigenvalue weighted by molar-refractivity contribution is 0.0620. The van der Waals surface area contributed by atoms with Crippen molar-refractivity contribution < 1.29 is 4.79 Å². The van der Waals surface area contributed by atoms with Crippen molar-refractivity contribution in [3.8, 4) is 0 Å². The van der Waals surface area contributed by atoms with Crippen LogP contribution < -0.4 is 0 Å². The fourth-order valence-corrected chi connectivity index (χ4v) is 3.72. The first-order valence-electron chi connectivity index (χ1n) is 7.27. The molecule has 112 valence electrons. The first kappa shape index (κ1) is 14.3. The van der Waals surface area contributed by atoms with Gasteiger partial charge in [-0.3, -0.25) is 4.79 Å². The summed E-state index contributed by atoms with van der Waals surface area (Å²) in [5.74, 6) is 0.668. The van der Waals surface area contributed by atoms with Gasteiger partial charge in [0.1, 0.15) is 0 Å². The third kappa shape index (κ3) is 2.60. The third-order valence-corrected chi connectivity index (χ3v) is 5.20. The van der Waals surface area contributed by atoms with Crippen LogP contribution in [0.1, 0.15) is 40.3 Å². The topological polar surface area (TPSA) is 51.0 Å². The van der Waals surface area contributed by atoms with Crippen molar-refractivity contribution in [2.45, 2.75) is 33.2 Å². The molecule has 0 spiro atoms. The molecule has 0 aromatic carbocycles. The minimum absolute atomic E-state index is 0.121. The Morgan fingerprint density at radius 2 is 2.24 bits per heavy atom. The minimum Gasteiger partial charge on any atom is -0.336 e. The van der Waals surface area contributed by atoms with Gasteiger partial charge in [0, 0.05) is 30.4 Å². The summed E-state index contributed by atoms with van der Waals surface area (Å²) in [6.07, 6.45) is 6.64. The van der Waals surface area contributed by atoms with Gasteiger partial charge in [0.25, 0.3) is 5.91 Å². The predicted molar refractivity (Wildman–Crippen MR) is 82.5 cm³/mol. The van der Waals surface area contributed by atoms with Gasteiger partial charge >= 0.3 is 0 Å². The van der Waals surface area contributed by atoms with E-state index in [2.05, 4.69) is 20.8 Å². The Hall–Kier alpha value is -1.69. The van der Waals surface area contributed by atoms with Crippen LogP contribution in [0.25, 0.3) is 0 Å². The fourth-order valence-electron chi connectivity index (χ4n) is 3.03. The van der Waals surface area contributed by atoms with Crippen LogP contribution in [0.5, 0.6) is 0 Å². The number of imidazole rings is 1. The molecular weight excluding hydrogens is 284 g/mol. The van der Waals surface area contributed by atoms with Crippen LogP contribution in [0.4, 0.5) is 0 Å². The average Bonchev–Trinajstić information content (AvgIpc) is 3.09. The molecule has 0 bridgehead atoms. The highest BCUT2D eigenvalue weighted by molar-refractivity contribution is 7.06. The van der Waals surface area contributed by atoms with E-state index in [0.29, 0.717) is 12.0 Å². The van der Waals surface area contributed by atoms with Gasteiger partial charge in [0.15, 0.2) is 0 Å². The lowest BCUT2D eigenvalue weighted by Crippen LogP contribution is -2.44. The molecule has 1 fully saturated rings. The van der Waals surface area contributed by atoms with Gasteiger partial charge in [-0.1, -0.05) is 6.92 Å². The minimum atomic E-state index is 0.121. The average molecular weight is 304 g/mol. The number of hydrogen-bond acceptors (Lipinski definition) is 4. The molecule has 2 aromatic rings. The molecule has 2 aromatic heterocycles. The van der Waals surface area contributed by atoms with Gasteiger partial charge in [-0.25, -0.2) is 4.98 Å². The molecule has 21 heavy (non-hydrogen) atoms. The summed E-state index contributed by atoms with van der Waals surface area (Å²) >= 11 is 1.41. The zero-order valence-corrected chi connectivity index (χ0v) is 13.4. The Morgan fingerprint density at radius 3 is 2.86 bits per heavy atom. The Labute approximate surface area is 128 Å². The highest BCUT2D eigenvalue weighted by Crippen LogP contribution is 2.29. The van der Waals surface area contributed by atoms with E-state index < -0.39 is 0 Å². The predicted octanol–water partition coefficient (Wildman–Crippen LogP) is 2.68. The number of carbonyl (C=O) groups excluding carboxylic acids is 1. The van der Waals surface area contributed by atoms with Crippen molar-refractivity contribution in [3.63, 3.8) is 0 Å². The molecule has 3 heterocycles. The van der Waals surface area contributed by atoms with Crippen LogP contribution in [-0.4, -0.2) is 37.8 Å². The van der Waals surface area contributed by atoms with Gasteiger partial charge in [0.05, 0.1) is 23.6 Å². The Kier molecular flexibility index (Phi) is 3.80. The van der Waals surface area contributed by atoms with Gasteiger partial charge in [0.2, 0.25) is 0 Å². The fraction of sp³-hybridized carbons (Fsp3) is 0.533. The van der Waals surface area contributed by atoms with Crippen molar-refractivity contribution in [2.75, 3.05) is 13.1 Å².